The Morgan fingerprint density at radius 3 is 1.93 bits per heavy atom. The topological polar surface area (TPSA) is 0 Å². The first-order valence-corrected chi connectivity index (χ1v) is 6.59. The molecule has 0 aromatic heterocycles. The van der Waals surface area contributed by atoms with E-state index in [-0.39, 0.29) is 24.0 Å². The first-order chi connectivity index (χ1) is 6.24. The van der Waals surface area contributed by atoms with Crippen molar-refractivity contribution in [3.05, 3.63) is 10.2 Å². The van der Waals surface area contributed by atoms with E-state index in [1.807, 2.05) is 0 Å². The lowest BCUT2D eigenvalue weighted by Crippen LogP contribution is -3.00. The summed E-state index contributed by atoms with van der Waals surface area (Å²) in [6, 6.07) is 0. The molecule has 0 saturated heterocycles. The molecule has 3 heteroatoms. The summed E-state index contributed by atoms with van der Waals surface area (Å²) in [4.78, 5) is 0. The Labute approximate surface area is 120 Å². The predicted octanol–water partition coefficient (Wildman–Crippen LogP) is 0.596. The first kappa shape index (κ1) is 17.6. The zero-order valence-corrected chi connectivity index (χ0v) is 13.9. The molecule has 0 aliphatic rings. The van der Waals surface area contributed by atoms with E-state index >= 15 is 0 Å². The standard InChI is InChI=1S/C11H23IN.HI/c1-4-13(5-2,6-3)11-9-7-8-10-12;/h8,10H,4-7,9,11H2,1-3H3;1H/q+1;/p-1/b10-8+;. The molecule has 0 unspecified atom stereocenters. The molecule has 0 N–H and O–H groups in total. The van der Waals surface area contributed by atoms with Crippen LogP contribution in [0.3, 0.4) is 0 Å². The highest BCUT2D eigenvalue weighted by molar-refractivity contribution is 14.1. The molecule has 0 spiro atoms. The second kappa shape index (κ2) is 10.7. The number of hydrogen-bond donors (Lipinski definition) is 0. The third kappa shape index (κ3) is 6.61. The van der Waals surface area contributed by atoms with E-state index in [4.69, 9.17) is 0 Å². The van der Waals surface area contributed by atoms with Crippen molar-refractivity contribution in [2.75, 3.05) is 26.2 Å². The average molecular weight is 423 g/mol. The van der Waals surface area contributed by atoms with Crippen molar-refractivity contribution in [1.29, 1.82) is 0 Å². The van der Waals surface area contributed by atoms with Crippen molar-refractivity contribution in [2.24, 2.45) is 0 Å². The molecule has 0 fully saturated rings. The van der Waals surface area contributed by atoms with E-state index in [1.54, 1.807) is 0 Å². The quantitative estimate of drug-likeness (QED) is 0.320. The van der Waals surface area contributed by atoms with Crippen LogP contribution < -0.4 is 24.0 Å². The van der Waals surface area contributed by atoms with Crippen LogP contribution >= 0.6 is 22.6 Å². The first-order valence-electron chi connectivity index (χ1n) is 5.35. The summed E-state index contributed by atoms with van der Waals surface area (Å²) in [5.74, 6) is 0. The summed E-state index contributed by atoms with van der Waals surface area (Å²) in [6.45, 7) is 12.1. The van der Waals surface area contributed by atoms with E-state index in [9.17, 15) is 0 Å². The van der Waals surface area contributed by atoms with Gasteiger partial charge in [-0.15, -0.1) is 0 Å². The van der Waals surface area contributed by atoms with Crippen molar-refractivity contribution < 1.29 is 28.5 Å². The smallest absolute Gasteiger partial charge is 0.0789 e. The number of halogens is 2. The molecule has 86 valence electrons. The molecule has 0 aliphatic heterocycles. The van der Waals surface area contributed by atoms with Crippen LogP contribution in [0.2, 0.25) is 0 Å². The van der Waals surface area contributed by atoms with E-state index in [2.05, 4.69) is 53.5 Å². The SMILES string of the molecule is CC[N+](CC)(CC)CCC/C=C/I.[I-]. The van der Waals surface area contributed by atoms with Crippen LogP contribution in [0.15, 0.2) is 10.2 Å². The molecule has 14 heavy (non-hydrogen) atoms. The van der Waals surface area contributed by atoms with Crippen molar-refractivity contribution in [3.8, 4) is 0 Å². The van der Waals surface area contributed by atoms with Crippen molar-refractivity contribution in [3.63, 3.8) is 0 Å². The normalized spacial score (nSPS) is 11.7. The summed E-state index contributed by atoms with van der Waals surface area (Å²) >= 11 is 2.29. The third-order valence-electron chi connectivity index (χ3n) is 3.10. The number of nitrogens with zero attached hydrogens (tertiary/aromatic N) is 1. The van der Waals surface area contributed by atoms with Gasteiger partial charge >= 0.3 is 0 Å². The molecule has 0 aromatic carbocycles. The molecule has 0 bridgehead atoms. The van der Waals surface area contributed by atoms with Crippen molar-refractivity contribution in [1.82, 2.24) is 0 Å². The fourth-order valence-corrected chi connectivity index (χ4v) is 2.11. The maximum absolute atomic E-state index is 2.31. The highest BCUT2D eigenvalue weighted by Gasteiger charge is 2.18. The lowest BCUT2D eigenvalue weighted by Gasteiger charge is -2.35. The van der Waals surface area contributed by atoms with E-state index in [0.29, 0.717) is 0 Å². The van der Waals surface area contributed by atoms with Gasteiger partial charge in [-0.25, -0.2) is 0 Å². The third-order valence-corrected chi connectivity index (χ3v) is 3.61. The maximum Gasteiger partial charge on any atom is 0.0789 e. The molecular formula is C11H23I2N. The zero-order chi connectivity index (χ0) is 10.2. The second-order valence-corrected chi connectivity index (χ2v) is 4.24. The van der Waals surface area contributed by atoms with Crippen LogP contribution in [0.4, 0.5) is 0 Å². The van der Waals surface area contributed by atoms with E-state index < -0.39 is 0 Å². The summed E-state index contributed by atoms with van der Waals surface area (Å²) < 4.78 is 3.41. The van der Waals surface area contributed by atoms with E-state index in [1.165, 1.54) is 43.5 Å². The number of quaternary nitrogens is 1. The Morgan fingerprint density at radius 2 is 1.57 bits per heavy atom. The molecule has 0 heterocycles. The number of unbranched alkanes of at least 4 members (excludes halogenated alkanes) is 1. The highest BCUT2D eigenvalue weighted by Crippen LogP contribution is 2.08. The van der Waals surface area contributed by atoms with Gasteiger partial charge in [0.05, 0.1) is 26.2 Å². The number of allylic oxidation sites excluding steroid dienone is 1. The van der Waals surface area contributed by atoms with Gasteiger partial charge in [0.15, 0.2) is 0 Å². The van der Waals surface area contributed by atoms with Gasteiger partial charge < -0.3 is 28.5 Å². The lowest BCUT2D eigenvalue weighted by atomic mass is 10.2. The minimum Gasteiger partial charge on any atom is -1.00 e. The monoisotopic (exact) mass is 423 g/mol. The number of rotatable bonds is 7. The van der Waals surface area contributed by atoms with Crippen LogP contribution in [-0.4, -0.2) is 30.7 Å². The predicted molar refractivity (Wildman–Crippen MR) is 69.1 cm³/mol. The van der Waals surface area contributed by atoms with Crippen LogP contribution in [0.1, 0.15) is 33.6 Å². The Balaban J connectivity index is 0. The summed E-state index contributed by atoms with van der Waals surface area (Å²) in [6.07, 6.45) is 4.83. The Morgan fingerprint density at radius 1 is 1.07 bits per heavy atom. The highest BCUT2D eigenvalue weighted by atomic mass is 127. The molecule has 0 rings (SSSR count). The number of hydrogen-bond acceptors (Lipinski definition) is 0. The van der Waals surface area contributed by atoms with Gasteiger partial charge in [0.1, 0.15) is 0 Å². The molecule has 0 amide bonds. The second-order valence-electron chi connectivity index (χ2n) is 3.52. The Hall–Kier alpha value is 1.16. The molecule has 0 radical (unpaired) electrons. The summed E-state index contributed by atoms with van der Waals surface area (Å²) in [5, 5.41) is 0. The molecule has 0 atom stereocenters. The molecular weight excluding hydrogens is 400 g/mol. The summed E-state index contributed by atoms with van der Waals surface area (Å²) in [7, 11) is 0. The van der Waals surface area contributed by atoms with E-state index in [0.717, 1.165) is 0 Å². The van der Waals surface area contributed by atoms with Crippen LogP contribution in [0.5, 0.6) is 0 Å². The maximum atomic E-state index is 2.31. The largest absolute Gasteiger partial charge is 1.00 e. The van der Waals surface area contributed by atoms with Crippen molar-refractivity contribution in [2.45, 2.75) is 33.6 Å². The Bertz CT molecular complexity index is 134. The fraction of sp³-hybridized carbons (Fsp3) is 0.818. The van der Waals surface area contributed by atoms with Gasteiger partial charge in [0.2, 0.25) is 0 Å². The van der Waals surface area contributed by atoms with Crippen LogP contribution in [-0.2, 0) is 0 Å². The fourth-order valence-electron chi connectivity index (χ4n) is 1.75. The Kier molecular flexibility index (Phi) is 13.4. The molecule has 0 saturated carbocycles. The van der Waals surface area contributed by atoms with Gasteiger partial charge in [0, 0.05) is 6.42 Å². The average Bonchev–Trinajstić information content (AvgIpc) is 2.20. The lowest BCUT2D eigenvalue weighted by molar-refractivity contribution is -0.923. The van der Waals surface area contributed by atoms with Gasteiger partial charge in [-0.05, 0) is 31.3 Å². The minimum atomic E-state index is 0. The minimum absolute atomic E-state index is 0. The van der Waals surface area contributed by atoms with Crippen LogP contribution in [0, 0.1) is 0 Å². The molecule has 0 aromatic rings. The van der Waals surface area contributed by atoms with Gasteiger partial charge in [-0.3, -0.25) is 0 Å². The van der Waals surface area contributed by atoms with Gasteiger partial charge in [0.25, 0.3) is 0 Å². The van der Waals surface area contributed by atoms with Crippen molar-refractivity contribution >= 4 is 22.6 Å². The van der Waals surface area contributed by atoms with Gasteiger partial charge in [-0.1, -0.05) is 28.7 Å². The molecule has 1 nitrogen and oxygen atoms in total. The van der Waals surface area contributed by atoms with Crippen LogP contribution in [0.25, 0.3) is 0 Å². The zero-order valence-electron chi connectivity index (χ0n) is 9.60. The van der Waals surface area contributed by atoms with Gasteiger partial charge in [-0.2, -0.15) is 0 Å². The molecule has 0 aliphatic carbocycles. The summed E-state index contributed by atoms with van der Waals surface area (Å²) in [5.41, 5.74) is 0.